The molecule has 4 nitrogen and oxygen atoms in total. The molecule has 0 aliphatic carbocycles. The summed E-state index contributed by atoms with van der Waals surface area (Å²) >= 11 is 0. The lowest BCUT2D eigenvalue weighted by Gasteiger charge is -2.19. The van der Waals surface area contributed by atoms with Gasteiger partial charge < -0.3 is 10.6 Å². The molecule has 0 aliphatic heterocycles. The average molecular weight is 358 g/mol. The molecule has 0 spiro atoms. The van der Waals surface area contributed by atoms with Gasteiger partial charge in [0, 0.05) is 17.7 Å². The number of carbonyl (C=O) groups excluding carboxylic acids is 2. The minimum absolute atomic E-state index is 0.238. The molecule has 27 heavy (non-hydrogen) atoms. The Kier molecular flexibility index (Phi) is 6.00. The first-order valence-electron chi connectivity index (χ1n) is 8.90. The van der Waals surface area contributed by atoms with Crippen molar-refractivity contribution >= 4 is 17.5 Å². The highest BCUT2D eigenvalue weighted by Gasteiger charge is 2.22. The smallest absolute Gasteiger partial charge is 0.251 e. The maximum absolute atomic E-state index is 12.9. The summed E-state index contributed by atoms with van der Waals surface area (Å²) in [7, 11) is 0. The molecule has 0 heterocycles. The number of nitrogens with one attached hydrogen (secondary N) is 2. The average Bonchev–Trinajstić information content (AvgIpc) is 2.70. The standard InChI is InChI=1S/C23H22N2O2/c1-17-10-8-9-15-20(17)24-23(27)21(16-18-11-4-2-5-12-18)25-22(26)19-13-6-3-7-14-19/h2-15,21H,16H2,1H3,(H,24,27)(H,25,26). The van der Waals surface area contributed by atoms with E-state index in [1.807, 2.05) is 67.6 Å². The molecule has 0 aromatic heterocycles. The highest BCUT2D eigenvalue weighted by atomic mass is 16.2. The number of benzene rings is 3. The fourth-order valence-electron chi connectivity index (χ4n) is 2.82. The Morgan fingerprint density at radius 1 is 0.815 bits per heavy atom. The van der Waals surface area contributed by atoms with Gasteiger partial charge >= 0.3 is 0 Å². The minimum Gasteiger partial charge on any atom is -0.340 e. The summed E-state index contributed by atoms with van der Waals surface area (Å²) < 4.78 is 0. The summed E-state index contributed by atoms with van der Waals surface area (Å²) in [6.45, 7) is 1.93. The highest BCUT2D eigenvalue weighted by molar-refractivity contribution is 6.01. The molecule has 2 N–H and O–H groups in total. The molecule has 0 saturated heterocycles. The fourth-order valence-corrected chi connectivity index (χ4v) is 2.82. The van der Waals surface area contributed by atoms with Crippen LogP contribution in [0.15, 0.2) is 84.9 Å². The topological polar surface area (TPSA) is 58.2 Å². The summed E-state index contributed by atoms with van der Waals surface area (Å²) in [6.07, 6.45) is 0.414. The highest BCUT2D eigenvalue weighted by Crippen LogP contribution is 2.14. The van der Waals surface area contributed by atoms with Gasteiger partial charge in [-0.05, 0) is 36.2 Å². The normalized spacial score (nSPS) is 11.4. The Bertz CT molecular complexity index is 908. The predicted molar refractivity (Wildman–Crippen MR) is 108 cm³/mol. The maximum atomic E-state index is 12.9. The Hall–Kier alpha value is -3.40. The van der Waals surface area contributed by atoms with E-state index in [1.165, 1.54) is 0 Å². The molecule has 0 radical (unpaired) electrons. The Morgan fingerprint density at radius 2 is 1.41 bits per heavy atom. The van der Waals surface area contributed by atoms with Crippen LogP contribution < -0.4 is 10.6 Å². The van der Waals surface area contributed by atoms with Crippen molar-refractivity contribution in [2.45, 2.75) is 19.4 Å². The lowest BCUT2D eigenvalue weighted by molar-refractivity contribution is -0.118. The van der Waals surface area contributed by atoms with Crippen molar-refractivity contribution < 1.29 is 9.59 Å². The molecule has 0 bridgehead atoms. The van der Waals surface area contributed by atoms with Crippen LogP contribution in [-0.2, 0) is 11.2 Å². The fraction of sp³-hybridized carbons (Fsp3) is 0.130. The zero-order chi connectivity index (χ0) is 19.1. The Labute approximate surface area is 159 Å². The van der Waals surface area contributed by atoms with Crippen molar-refractivity contribution in [1.29, 1.82) is 0 Å². The number of carbonyl (C=O) groups is 2. The number of anilines is 1. The molecular weight excluding hydrogens is 336 g/mol. The second-order valence-electron chi connectivity index (χ2n) is 6.39. The lowest BCUT2D eigenvalue weighted by Crippen LogP contribution is -2.45. The van der Waals surface area contributed by atoms with E-state index in [1.54, 1.807) is 24.3 Å². The molecule has 3 aromatic carbocycles. The second-order valence-corrected chi connectivity index (χ2v) is 6.39. The summed E-state index contributed by atoms with van der Waals surface area (Å²) in [4.78, 5) is 25.5. The van der Waals surface area contributed by atoms with Gasteiger partial charge in [0.15, 0.2) is 0 Å². The van der Waals surface area contributed by atoms with Crippen LogP contribution in [0.2, 0.25) is 0 Å². The van der Waals surface area contributed by atoms with Gasteiger partial charge in [0.1, 0.15) is 6.04 Å². The Morgan fingerprint density at radius 3 is 2.07 bits per heavy atom. The van der Waals surface area contributed by atoms with E-state index in [0.717, 1.165) is 16.8 Å². The van der Waals surface area contributed by atoms with Gasteiger partial charge in [0.25, 0.3) is 5.91 Å². The maximum Gasteiger partial charge on any atom is 0.251 e. The number of hydrogen-bond donors (Lipinski definition) is 2. The van der Waals surface area contributed by atoms with Crippen molar-refractivity contribution in [3.63, 3.8) is 0 Å². The lowest BCUT2D eigenvalue weighted by atomic mass is 10.0. The van der Waals surface area contributed by atoms with Gasteiger partial charge in [-0.2, -0.15) is 0 Å². The van der Waals surface area contributed by atoms with Crippen LogP contribution in [-0.4, -0.2) is 17.9 Å². The van der Waals surface area contributed by atoms with E-state index in [0.29, 0.717) is 12.0 Å². The summed E-state index contributed by atoms with van der Waals surface area (Å²) in [6, 6.07) is 25.5. The number of rotatable bonds is 6. The summed E-state index contributed by atoms with van der Waals surface area (Å²) in [5.74, 6) is -0.506. The largest absolute Gasteiger partial charge is 0.340 e. The zero-order valence-corrected chi connectivity index (χ0v) is 15.2. The molecule has 2 amide bonds. The summed E-state index contributed by atoms with van der Waals surface area (Å²) in [5.41, 5.74) is 3.23. The molecule has 0 fully saturated rings. The number of amides is 2. The van der Waals surface area contributed by atoms with Crippen LogP contribution in [0.4, 0.5) is 5.69 Å². The molecule has 3 rings (SSSR count). The van der Waals surface area contributed by atoms with Crippen molar-refractivity contribution in [3.05, 3.63) is 102 Å². The van der Waals surface area contributed by atoms with Gasteiger partial charge in [-0.25, -0.2) is 0 Å². The first-order valence-corrected chi connectivity index (χ1v) is 8.90. The van der Waals surface area contributed by atoms with Crippen LogP contribution in [0.1, 0.15) is 21.5 Å². The molecule has 1 unspecified atom stereocenters. The third-order valence-corrected chi connectivity index (χ3v) is 4.34. The zero-order valence-electron chi connectivity index (χ0n) is 15.2. The first kappa shape index (κ1) is 18.4. The third-order valence-electron chi connectivity index (χ3n) is 4.34. The monoisotopic (exact) mass is 358 g/mol. The van der Waals surface area contributed by atoms with Gasteiger partial charge in [0.2, 0.25) is 5.91 Å². The van der Waals surface area contributed by atoms with E-state index in [9.17, 15) is 9.59 Å². The number of aryl methyl sites for hydroxylation is 1. The first-order chi connectivity index (χ1) is 13.1. The quantitative estimate of drug-likeness (QED) is 0.700. The third kappa shape index (κ3) is 5.05. The minimum atomic E-state index is -0.681. The molecule has 0 saturated carbocycles. The van der Waals surface area contributed by atoms with Gasteiger partial charge in [-0.3, -0.25) is 9.59 Å². The van der Waals surface area contributed by atoms with Crippen molar-refractivity contribution in [3.8, 4) is 0 Å². The van der Waals surface area contributed by atoms with E-state index in [-0.39, 0.29) is 11.8 Å². The van der Waals surface area contributed by atoms with E-state index in [4.69, 9.17) is 0 Å². The second kappa shape index (κ2) is 8.81. The van der Waals surface area contributed by atoms with Gasteiger partial charge in [0.05, 0.1) is 0 Å². The number of para-hydroxylation sites is 1. The molecule has 4 heteroatoms. The van der Waals surface area contributed by atoms with Crippen LogP contribution >= 0.6 is 0 Å². The van der Waals surface area contributed by atoms with Crippen LogP contribution in [0.3, 0.4) is 0 Å². The van der Waals surface area contributed by atoms with Crippen LogP contribution in [0.25, 0.3) is 0 Å². The van der Waals surface area contributed by atoms with E-state index >= 15 is 0 Å². The Balaban J connectivity index is 1.79. The van der Waals surface area contributed by atoms with Gasteiger partial charge in [-0.15, -0.1) is 0 Å². The predicted octanol–water partition coefficient (Wildman–Crippen LogP) is 3.97. The molecule has 136 valence electrons. The molecule has 0 aliphatic rings. The van der Waals surface area contributed by atoms with E-state index < -0.39 is 6.04 Å². The number of hydrogen-bond acceptors (Lipinski definition) is 2. The van der Waals surface area contributed by atoms with Crippen LogP contribution in [0.5, 0.6) is 0 Å². The van der Waals surface area contributed by atoms with Crippen molar-refractivity contribution in [2.75, 3.05) is 5.32 Å². The summed E-state index contributed by atoms with van der Waals surface area (Å²) in [5, 5.41) is 5.80. The SMILES string of the molecule is Cc1ccccc1NC(=O)C(Cc1ccccc1)NC(=O)c1ccccc1. The van der Waals surface area contributed by atoms with Crippen molar-refractivity contribution in [1.82, 2.24) is 5.32 Å². The van der Waals surface area contributed by atoms with E-state index in [2.05, 4.69) is 10.6 Å². The molecule has 1 atom stereocenters. The van der Waals surface area contributed by atoms with Crippen molar-refractivity contribution in [2.24, 2.45) is 0 Å². The molecular formula is C23H22N2O2. The van der Waals surface area contributed by atoms with Gasteiger partial charge in [-0.1, -0.05) is 66.7 Å². The molecule has 3 aromatic rings. The van der Waals surface area contributed by atoms with Crippen LogP contribution in [0, 0.1) is 6.92 Å².